The molecule has 7 aliphatic rings. The number of rotatable bonds is 12. The van der Waals surface area contributed by atoms with Crippen molar-refractivity contribution >= 4 is 0 Å². The monoisotopic (exact) mass is 917 g/mol. The minimum atomic E-state index is -1.68. The molecule has 0 aromatic rings. The van der Waals surface area contributed by atoms with E-state index in [9.17, 15) is 56.2 Å². The maximum absolute atomic E-state index is 12.7. The third-order valence-corrected chi connectivity index (χ3v) is 18.4. The zero-order valence-corrected chi connectivity index (χ0v) is 39.0. The Morgan fingerprint density at radius 2 is 1.28 bits per heavy atom. The van der Waals surface area contributed by atoms with Gasteiger partial charge in [-0.2, -0.15) is 0 Å². The zero-order valence-electron chi connectivity index (χ0n) is 39.0. The Balaban J connectivity index is 1.11. The highest BCUT2D eigenvalue weighted by atomic mass is 16.7. The topological polar surface area (TPSA) is 278 Å². The Hall–Kier alpha value is -0.940. The second kappa shape index (κ2) is 18.8. The highest BCUT2D eigenvalue weighted by Gasteiger charge is 2.72. The van der Waals surface area contributed by atoms with E-state index in [4.69, 9.17) is 28.4 Å². The number of allylic oxidation sites excluding steroid dienone is 2. The molecule has 0 aromatic carbocycles. The molecule has 4 saturated carbocycles. The molecule has 7 rings (SSSR count). The van der Waals surface area contributed by atoms with Gasteiger partial charge in [0, 0.05) is 0 Å². The molecule has 3 aliphatic heterocycles. The van der Waals surface area contributed by atoms with Gasteiger partial charge in [0.1, 0.15) is 67.1 Å². The molecule has 0 bridgehead atoms. The van der Waals surface area contributed by atoms with Crippen LogP contribution < -0.4 is 0 Å². The van der Waals surface area contributed by atoms with Gasteiger partial charge in [-0.1, -0.05) is 46.3 Å². The van der Waals surface area contributed by atoms with Crippen molar-refractivity contribution in [1.29, 1.82) is 0 Å². The lowest BCUT2D eigenvalue weighted by molar-refractivity contribution is -0.346. The summed E-state index contributed by atoms with van der Waals surface area (Å²) < 4.78 is 36.5. The van der Waals surface area contributed by atoms with Crippen LogP contribution in [0.3, 0.4) is 0 Å². The lowest BCUT2D eigenvalue weighted by Gasteiger charge is -2.71. The second-order valence-electron chi connectivity index (χ2n) is 22.5. The molecular weight excluding hydrogens is 836 g/mol. The normalized spacial score (nSPS) is 52.5. The maximum Gasteiger partial charge on any atom is 0.187 e. The van der Waals surface area contributed by atoms with Crippen molar-refractivity contribution in [1.82, 2.24) is 0 Å². The molecule has 0 radical (unpaired) electrons. The molecule has 4 aliphatic carbocycles. The average Bonchev–Trinajstić information content (AvgIpc) is 3.62. The number of hydrogen-bond donors (Lipinski definition) is 11. The van der Waals surface area contributed by atoms with Crippen LogP contribution in [0.15, 0.2) is 11.6 Å². The Morgan fingerprint density at radius 3 is 1.94 bits per heavy atom. The summed E-state index contributed by atoms with van der Waals surface area (Å²) in [5, 5.41) is 118. The van der Waals surface area contributed by atoms with Gasteiger partial charge in [0.25, 0.3) is 0 Å². The summed E-state index contributed by atoms with van der Waals surface area (Å²) in [6, 6.07) is 0. The molecule has 0 aromatic heterocycles. The Kier molecular flexibility index (Phi) is 14.9. The molecule has 3 saturated heterocycles. The lowest BCUT2D eigenvalue weighted by Crippen LogP contribution is -2.67. The van der Waals surface area contributed by atoms with Crippen molar-refractivity contribution in [3.05, 3.63) is 11.6 Å². The van der Waals surface area contributed by atoms with Crippen LogP contribution in [0.1, 0.15) is 113 Å². The maximum atomic E-state index is 12.7. The summed E-state index contributed by atoms with van der Waals surface area (Å²) in [7, 11) is 0. The van der Waals surface area contributed by atoms with E-state index in [2.05, 4.69) is 40.7 Å². The number of aliphatic hydroxyl groups excluding tert-OH is 11. The highest BCUT2D eigenvalue weighted by molar-refractivity contribution is 5.20. The summed E-state index contributed by atoms with van der Waals surface area (Å²) in [6.07, 6.45) is -12.4. The summed E-state index contributed by atoms with van der Waals surface area (Å²) in [5.74, 6) is -0.0478. The molecule has 17 heteroatoms. The third-order valence-electron chi connectivity index (χ3n) is 18.4. The van der Waals surface area contributed by atoms with Gasteiger partial charge in [0.2, 0.25) is 0 Å². The Labute approximate surface area is 377 Å². The summed E-state index contributed by atoms with van der Waals surface area (Å²) in [4.78, 5) is 0. The molecule has 64 heavy (non-hydrogen) atoms. The van der Waals surface area contributed by atoms with Crippen LogP contribution in [0, 0.1) is 45.3 Å². The SMILES string of the molecule is CC(C)=CCC[C@](C)(O[C@@H]1O[C@H](CO[C@@H]2OC[C@@H](O)[C@H](O)[C@@H]2O)[C@@H](O)[C@H](O)[C@@H]1O)[C@@H]1CC[C@]2(C)[C@H]1[C@H](O)C[C@@H]1[C@@]3(C)CC[C@H](O[C@@H]4O[C@H](CO)[C@@H](O)[C@H](O)[C@@H]4O)C(C)(C)[C@@H]3CC[C@]12C. The van der Waals surface area contributed by atoms with Crippen molar-refractivity contribution in [2.24, 2.45) is 45.3 Å². The minimum absolute atomic E-state index is 0.149. The zero-order chi connectivity index (χ0) is 47.1. The fourth-order valence-electron chi connectivity index (χ4n) is 14.5. The van der Waals surface area contributed by atoms with Crippen molar-refractivity contribution in [2.45, 2.75) is 217 Å². The van der Waals surface area contributed by atoms with Crippen LogP contribution in [0.5, 0.6) is 0 Å². The summed E-state index contributed by atoms with van der Waals surface area (Å²) >= 11 is 0. The Bertz CT molecular complexity index is 1630. The quantitative estimate of drug-likeness (QED) is 0.0946. The van der Waals surface area contributed by atoms with Crippen molar-refractivity contribution < 1.29 is 84.6 Å². The van der Waals surface area contributed by atoms with E-state index in [0.717, 1.165) is 37.7 Å². The Morgan fingerprint density at radius 1 is 0.672 bits per heavy atom. The minimum Gasteiger partial charge on any atom is -0.394 e. The highest BCUT2D eigenvalue weighted by Crippen LogP contribution is 2.76. The van der Waals surface area contributed by atoms with E-state index in [1.807, 2.05) is 20.8 Å². The second-order valence-corrected chi connectivity index (χ2v) is 22.5. The van der Waals surface area contributed by atoms with Gasteiger partial charge < -0.3 is 84.6 Å². The first-order valence-corrected chi connectivity index (χ1v) is 23.8. The van der Waals surface area contributed by atoms with E-state index in [-0.39, 0.29) is 52.6 Å². The number of ether oxygens (including phenoxy) is 6. The predicted molar refractivity (Wildman–Crippen MR) is 228 cm³/mol. The first-order chi connectivity index (χ1) is 29.9. The predicted octanol–water partition coefficient (Wildman–Crippen LogP) is 0.612. The van der Waals surface area contributed by atoms with E-state index in [0.29, 0.717) is 25.7 Å². The molecule has 0 amide bonds. The molecule has 0 spiro atoms. The van der Waals surface area contributed by atoms with Crippen LogP contribution in [0.25, 0.3) is 0 Å². The average molecular weight is 917 g/mol. The van der Waals surface area contributed by atoms with E-state index < -0.39 is 116 Å². The standard InChI is InChI=1S/C47H80O17/c1-22(2)10-9-14-47(8,64-42-39(58)36(55)34(53)27(62-42)21-60-40-37(56)32(51)25(50)20-59-40)23-11-16-46(7)31(23)24(49)18-29-44(5)15-13-30(43(3,4)28(44)12-17-45(29,46)6)63-41-38(57)35(54)33(52)26(19-48)61-41/h10,23-42,48-58H,9,11-21H2,1-8H3/t23-,24-,25-,26-,27-,28+,29-,30+,31-,32+,33-,34-,35+,36+,37+,38+,39+,40+,41+,42+,44+,45-,46-,47+/m1/s1. The van der Waals surface area contributed by atoms with Gasteiger partial charge in [-0.3, -0.25) is 0 Å². The molecule has 370 valence electrons. The van der Waals surface area contributed by atoms with Gasteiger partial charge in [0.05, 0.1) is 37.6 Å². The van der Waals surface area contributed by atoms with E-state index in [1.165, 1.54) is 0 Å². The van der Waals surface area contributed by atoms with Crippen LogP contribution in [0.2, 0.25) is 0 Å². The van der Waals surface area contributed by atoms with Crippen molar-refractivity contribution in [2.75, 3.05) is 19.8 Å². The number of hydrogen-bond acceptors (Lipinski definition) is 17. The smallest absolute Gasteiger partial charge is 0.187 e. The molecule has 7 fully saturated rings. The van der Waals surface area contributed by atoms with Crippen molar-refractivity contribution in [3.63, 3.8) is 0 Å². The molecule has 24 atom stereocenters. The number of aliphatic hydroxyl groups is 11. The van der Waals surface area contributed by atoms with Gasteiger partial charge in [0.15, 0.2) is 18.9 Å². The largest absolute Gasteiger partial charge is 0.394 e. The van der Waals surface area contributed by atoms with Crippen molar-refractivity contribution in [3.8, 4) is 0 Å². The number of fused-ring (bicyclic) bond motifs is 5. The molecule has 11 N–H and O–H groups in total. The van der Waals surface area contributed by atoms with E-state index >= 15 is 0 Å². The third kappa shape index (κ3) is 8.60. The van der Waals surface area contributed by atoms with Gasteiger partial charge in [-0.05, 0) is 124 Å². The summed E-state index contributed by atoms with van der Waals surface area (Å²) in [6.45, 7) is 16.3. The molecular formula is C47H80O17. The van der Waals surface area contributed by atoms with Crippen LogP contribution in [-0.2, 0) is 28.4 Å². The fraction of sp³-hybridized carbons (Fsp3) is 0.957. The molecule has 17 nitrogen and oxygen atoms in total. The molecule has 0 unspecified atom stereocenters. The lowest BCUT2D eigenvalue weighted by atomic mass is 9.35. The summed E-state index contributed by atoms with van der Waals surface area (Å²) in [5.41, 5.74) is -0.948. The van der Waals surface area contributed by atoms with Crippen LogP contribution in [-0.4, -0.2) is 180 Å². The van der Waals surface area contributed by atoms with Gasteiger partial charge in [-0.15, -0.1) is 0 Å². The van der Waals surface area contributed by atoms with Gasteiger partial charge >= 0.3 is 0 Å². The van der Waals surface area contributed by atoms with Gasteiger partial charge in [-0.25, -0.2) is 0 Å². The first-order valence-electron chi connectivity index (χ1n) is 23.8. The first kappa shape index (κ1) is 50.9. The van der Waals surface area contributed by atoms with E-state index in [1.54, 1.807) is 0 Å². The van der Waals surface area contributed by atoms with Crippen LogP contribution in [0.4, 0.5) is 0 Å². The molecule has 3 heterocycles. The van der Waals surface area contributed by atoms with Crippen LogP contribution >= 0.6 is 0 Å². The fourth-order valence-corrected chi connectivity index (χ4v) is 14.5.